The maximum absolute atomic E-state index is 11.6. The summed E-state index contributed by atoms with van der Waals surface area (Å²) in [6, 6.07) is 1.13. The number of aromatic nitrogens is 1. The minimum absolute atomic E-state index is 0.107. The molecule has 1 aromatic rings. The molecule has 4 nitrogen and oxygen atoms in total. The van der Waals surface area contributed by atoms with Gasteiger partial charge in [0.15, 0.2) is 11.5 Å². The second kappa shape index (κ2) is 4.09. The van der Waals surface area contributed by atoms with Crippen LogP contribution in [0.2, 0.25) is 0 Å². The second-order valence-electron chi connectivity index (χ2n) is 3.27. The van der Waals surface area contributed by atoms with E-state index in [4.69, 9.17) is 5.11 Å². The second-order valence-corrected chi connectivity index (χ2v) is 3.27. The normalized spacial score (nSPS) is 12.4. The first-order valence-corrected chi connectivity index (χ1v) is 4.52. The van der Waals surface area contributed by atoms with Crippen LogP contribution in [0.5, 0.6) is 5.75 Å². The predicted octanol–water partition coefficient (Wildman–Crippen LogP) is 1.31. The SMILES string of the molecule is CCC(C)C(=O)c1cc(=O)c(O)c[nH]1. The van der Waals surface area contributed by atoms with Crippen LogP contribution in [0.25, 0.3) is 0 Å². The van der Waals surface area contributed by atoms with Gasteiger partial charge in [-0.15, -0.1) is 0 Å². The molecular weight excluding hydrogens is 182 g/mol. The van der Waals surface area contributed by atoms with Crippen molar-refractivity contribution in [2.24, 2.45) is 5.92 Å². The van der Waals surface area contributed by atoms with Crippen molar-refractivity contribution in [3.63, 3.8) is 0 Å². The van der Waals surface area contributed by atoms with Crippen LogP contribution in [0.1, 0.15) is 30.8 Å². The number of hydrogen-bond donors (Lipinski definition) is 2. The van der Waals surface area contributed by atoms with E-state index in [1.165, 1.54) is 0 Å². The zero-order chi connectivity index (χ0) is 10.7. The lowest BCUT2D eigenvalue weighted by Gasteiger charge is -2.06. The Bertz CT molecular complexity index is 395. The van der Waals surface area contributed by atoms with Crippen molar-refractivity contribution >= 4 is 5.78 Å². The Labute approximate surface area is 81.6 Å². The molecule has 0 aliphatic rings. The van der Waals surface area contributed by atoms with Crippen molar-refractivity contribution < 1.29 is 9.90 Å². The Morgan fingerprint density at radius 2 is 2.29 bits per heavy atom. The first kappa shape index (κ1) is 10.5. The highest BCUT2D eigenvalue weighted by Crippen LogP contribution is 2.09. The van der Waals surface area contributed by atoms with Gasteiger partial charge in [-0.25, -0.2) is 0 Å². The number of Topliss-reactive ketones (excluding diaryl/α,β-unsaturated/α-hetero) is 1. The number of carbonyl (C=O) groups excluding carboxylic acids is 1. The molecule has 4 heteroatoms. The standard InChI is InChI=1S/C10H13NO3/c1-3-6(2)10(14)7-4-8(12)9(13)5-11-7/h4-6,13H,3H2,1-2H3,(H,11,12). The Hall–Kier alpha value is -1.58. The molecule has 0 saturated heterocycles. The molecule has 0 spiro atoms. The lowest BCUT2D eigenvalue weighted by atomic mass is 10.0. The molecule has 76 valence electrons. The van der Waals surface area contributed by atoms with Crippen LogP contribution < -0.4 is 5.43 Å². The Morgan fingerprint density at radius 3 is 2.79 bits per heavy atom. The number of H-pyrrole nitrogens is 1. The van der Waals surface area contributed by atoms with E-state index in [1.807, 2.05) is 6.92 Å². The van der Waals surface area contributed by atoms with Crippen molar-refractivity contribution in [1.29, 1.82) is 0 Å². The molecule has 0 amide bonds. The zero-order valence-corrected chi connectivity index (χ0v) is 8.20. The zero-order valence-electron chi connectivity index (χ0n) is 8.20. The molecule has 14 heavy (non-hydrogen) atoms. The van der Waals surface area contributed by atoms with E-state index in [2.05, 4.69) is 4.98 Å². The highest BCUT2D eigenvalue weighted by Gasteiger charge is 2.14. The molecular formula is C10H13NO3. The Morgan fingerprint density at radius 1 is 1.64 bits per heavy atom. The van der Waals surface area contributed by atoms with E-state index >= 15 is 0 Å². The topological polar surface area (TPSA) is 70.2 Å². The van der Waals surface area contributed by atoms with Gasteiger partial charge >= 0.3 is 0 Å². The molecule has 0 fully saturated rings. The van der Waals surface area contributed by atoms with Crippen molar-refractivity contribution in [3.8, 4) is 5.75 Å². The van der Waals surface area contributed by atoms with Gasteiger partial charge in [0, 0.05) is 18.2 Å². The number of aromatic hydroxyl groups is 1. The van der Waals surface area contributed by atoms with Gasteiger partial charge in [-0.1, -0.05) is 13.8 Å². The van der Waals surface area contributed by atoms with Crippen molar-refractivity contribution in [2.45, 2.75) is 20.3 Å². The maximum atomic E-state index is 11.6. The molecule has 0 radical (unpaired) electrons. The quantitative estimate of drug-likeness (QED) is 0.714. The molecule has 2 N–H and O–H groups in total. The molecule has 0 aromatic carbocycles. The number of hydrogen-bond acceptors (Lipinski definition) is 3. The molecule has 1 unspecified atom stereocenters. The summed E-state index contributed by atoms with van der Waals surface area (Å²) < 4.78 is 0. The average molecular weight is 195 g/mol. The molecule has 0 bridgehead atoms. The maximum Gasteiger partial charge on any atom is 0.223 e. The van der Waals surface area contributed by atoms with E-state index in [1.54, 1.807) is 6.92 Å². The van der Waals surface area contributed by atoms with E-state index in [-0.39, 0.29) is 23.1 Å². The van der Waals surface area contributed by atoms with E-state index in [0.717, 1.165) is 18.7 Å². The number of pyridine rings is 1. The third-order valence-corrected chi connectivity index (χ3v) is 2.22. The largest absolute Gasteiger partial charge is 0.503 e. The van der Waals surface area contributed by atoms with Gasteiger partial charge in [-0.05, 0) is 6.42 Å². The van der Waals surface area contributed by atoms with Crippen LogP contribution in [0.4, 0.5) is 0 Å². The number of aromatic amines is 1. The van der Waals surface area contributed by atoms with E-state index < -0.39 is 5.43 Å². The summed E-state index contributed by atoms with van der Waals surface area (Å²) in [5.74, 6) is -0.592. The van der Waals surface area contributed by atoms with Crippen LogP contribution in [0.3, 0.4) is 0 Å². The van der Waals surface area contributed by atoms with Crippen LogP contribution >= 0.6 is 0 Å². The summed E-state index contributed by atoms with van der Waals surface area (Å²) in [5.41, 5.74) is -0.280. The highest BCUT2D eigenvalue weighted by atomic mass is 16.3. The van der Waals surface area contributed by atoms with Gasteiger partial charge in [-0.3, -0.25) is 9.59 Å². The molecule has 0 aliphatic carbocycles. The summed E-state index contributed by atoms with van der Waals surface area (Å²) in [4.78, 5) is 25.2. The van der Waals surface area contributed by atoms with Crippen molar-refractivity contribution in [3.05, 3.63) is 28.2 Å². The molecule has 1 heterocycles. The summed E-state index contributed by atoms with van der Waals surface area (Å²) in [6.45, 7) is 3.70. The first-order valence-electron chi connectivity index (χ1n) is 4.52. The average Bonchev–Trinajstić information content (AvgIpc) is 2.20. The molecule has 1 aromatic heterocycles. The minimum atomic E-state index is -0.532. The molecule has 0 saturated carbocycles. The summed E-state index contributed by atoms with van der Waals surface area (Å²) in [7, 11) is 0. The fraction of sp³-hybridized carbons (Fsp3) is 0.400. The predicted molar refractivity (Wildman–Crippen MR) is 52.5 cm³/mol. The number of ketones is 1. The van der Waals surface area contributed by atoms with Gasteiger partial charge < -0.3 is 10.1 Å². The third kappa shape index (κ3) is 2.02. The third-order valence-electron chi connectivity index (χ3n) is 2.22. The number of carbonyl (C=O) groups is 1. The van der Waals surface area contributed by atoms with Crippen LogP contribution in [0, 0.1) is 5.92 Å². The van der Waals surface area contributed by atoms with Gasteiger partial charge in [-0.2, -0.15) is 0 Å². The van der Waals surface area contributed by atoms with Gasteiger partial charge in [0.25, 0.3) is 0 Å². The first-order chi connectivity index (χ1) is 6.56. The number of nitrogens with one attached hydrogen (secondary N) is 1. The fourth-order valence-corrected chi connectivity index (χ4v) is 1.06. The van der Waals surface area contributed by atoms with Gasteiger partial charge in [0.2, 0.25) is 5.43 Å². The van der Waals surface area contributed by atoms with Gasteiger partial charge in [0.1, 0.15) is 0 Å². The van der Waals surface area contributed by atoms with E-state index in [0.29, 0.717) is 0 Å². The van der Waals surface area contributed by atoms with Crippen molar-refractivity contribution in [1.82, 2.24) is 4.98 Å². The summed E-state index contributed by atoms with van der Waals surface area (Å²) in [5, 5.41) is 8.97. The summed E-state index contributed by atoms with van der Waals surface area (Å²) in [6.07, 6.45) is 1.86. The lowest BCUT2D eigenvalue weighted by Crippen LogP contribution is -2.15. The van der Waals surface area contributed by atoms with Crippen LogP contribution in [-0.4, -0.2) is 15.9 Å². The minimum Gasteiger partial charge on any atom is -0.503 e. The smallest absolute Gasteiger partial charge is 0.223 e. The highest BCUT2D eigenvalue weighted by molar-refractivity contribution is 5.95. The van der Waals surface area contributed by atoms with Crippen LogP contribution in [-0.2, 0) is 0 Å². The molecule has 1 rings (SSSR count). The number of rotatable bonds is 3. The van der Waals surface area contributed by atoms with E-state index in [9.17, 15) is 9.59 Å². The molecule has 1 atom stereocenters. The lowest BCUT2D eigenvalue weighted by molar-refractivity contribution is 0.0922. The molecule has 0 aliphatic heterocycles. The Kier molecular flexibility index (Phi) is 3.06. The summed E-state index contributed by atoms with van der Waals surface area (Å²) >= 11 is 0. The van der Waals surface area contributed by atoms with Gasteiger partial charge in [0.05, 0.1) is 5.69 Å². The fourth-order valence-electron chi connectivity index (χ4n) is 1.06. The van der Waals surface area contributed by atoms with Crippen LogP contribution in [0.15, 0.2) is 17.1 Å². The van der Waals surface area contributed by atoms with Crippen molar-refractivity contribution in [2.75, 3.05) is 0 Å². The monoisotopic (exact) mass is 195 g/mol. The Balaban J connectivity index is 3.03.